The highest BCUT2D eigenvalue weighted by Gasteiger charge is 2.34. The molecular formula is C16H22F2N2O. The third kappa shape index (κ3) is 3.71. The van der Waals surface area contributed by atoms with E-state index in [4.69, 9.17) is 0 Å². The second kappa shape index (κ2) is 6.28. The van der Waals surface area contributed by atoms with Crippen LogP contribution in [-0.2, 0) is 6.54 Å². The van der Waals surface area contributed by atoms with Gasteiger partial charge in [0.2, 0.25) is 0 Å². The number of hydrogen-bond acceptors (Lipinski definition) is 3. The maximum atomic E-state index is 12.1. The molecule has 116 valence electrons. The van der Waals surface area contributed by atoms with E-state index in [2.05, 4.69) is 22.0 Å². The van der Waals surface area contributed by atoms with Crippen molar-refractivity contribution in [1.29, 1.82) is 0 Å². The van der Waals surface area contributed by atoms with E-state index in [1.807, 2.05) is 12.1 Å². The number of nitrogens with one attached hydrogen (secondary N) is 1. The van der Waals surface area contributed by atoms with Crippen molar-refractivity contribution in [3.8, 4) is 5.75 Å². The molecule has 2 bridgehead atoms. The average molecular weight is 296 g/mol. The third-order valence-electron chi connectivity index (χ3n) is 4.65. The Balaban J connectivity index is 1.55. The Morgan fingerprint density at radius 2 is 1.81 bits per heavy atom. The number of piperidine rings is 1. The van der Waals surface area contributed by atoms with E-state index < -0.39 is 6.61 Å². The summed E-state index contributed by atoms with van der Waals surface area (Å²) in [6.07, 6.45) is 5.02. The Morgan fingerprint density at radius 1 is 1.19 bits per heavy atom. The Hall–Kier alpha value is -1.20. The van der Waals surface area contributed by atoms with Gasteiger partial charge >= 0.3 is 6.61 Å². The molecule has 1 N–H and O–H groups in total. The first-order valence-electron chi connectivity index (χ1n) is 7.60. The van der Waals surface area contributed by atoms with Crippen molar-refractivity contribution >= 4 is 0 Å². The number of ether oxygens (including phenoxy) is 1. The minimum absolute atomic E-state index is 0.219. The molecule has 2 aliphatic heterocycles. The Kier molecular flexibility index (Phi) is 4.40. The summed E-state index contributed by atoms with van der Waals surface area (Å²) in [6.45, 7) is -1.91. The van der Waals surface area contributed by atoms with Crippen molar-refractivity contribution in [2.45, 2.75) is 57.0 Å². The van der Waals surface area contributed by atoms with Gasteiger partial charge in [0.1, 0.15) is 5.75 Å². The van der Waals surface area contributed by atoms with Crippen molar-refractivity contribution < 1.29 is 13.5 Å². The molecule has 0 saturated carbocycles. The Bertz CT molecular complexity index is 454. The normalized spacial score (nSPS) is 28.3. The lowest BCUT2D eigenvalue weighted by Gasteiger charge is -2.35. The van der Waals surface area contributed by atoms with Crippen LogP contribution in [0.4, 0.5) is 8.78 Å². The Labute approximate surface area is 124 Å². The number of nitrogens with zero attached hydrogens (tertiary/aromatic N) is 1. The predicted octanol–water partition coefficient (Wildman–Crippen LogP) is 3.00. The molecule has 21 heavy (non-hydrogen) atoms. The molecule has 0 aromatic heterocycles. The van der Waals surface area contributed by atoms with Crippen LogP contribution in [0.5, 0.6) is 5.75 Å². The predicted molar refractivity (Wildman–Crippen MR) is 77.5 cm³/mol. The van der Waals surface area contributed by atoms with E-state index in [1.54, 1.807) is 12.1 Å². The van der Waals surface area contributed by atoms with Gasteiger partial charge in [0.25, 0.3) is 0 Å². The number of halogens is 2. The zero-order valence-corrected chi connectivity index (χ0v) is 12.3. The van der Waals surface area contributed by atoms with Crippen LogP contribution < -0.4 is 10.1 Å². The molecule has 3 rings (SSSR count). The summed E-state index contributed by atoms with van der Waals surface area (Å²) in [4.78, 5) is 2.38. The quantitative estimate of drug-likeness (QED) is 0.904. The van der Waals surface area contributed by atoms with E-state index >= 15 is 0 Å². The maximum absolute atomic E-state index is 12.1. The summed E-state index contributed by atoms with van der Waals surface area (Å²) in [6, 6.07) is 8.92. The number of benzene rings is 1. The standard InChI is InChI=1S/C16H22F2N2O/c1-20(14-8-12-4-5-13(9-14)19-12)10-11-2-6-15(7-3-11)21-16(17)18/h2-3,6-7,12-14,16,19H,4-5,8-10H2,1H3. The molecule has 0 aliphatic carbocycles. The molecule has 0 spiro atoms. The summed E-state index contributed by atoms with van der Waals surface area (Å²) in [7, 11) is 2.15. The minimum Gasteiger partial charge on any atom is -0.435 e. The van der Waals surface area contributed by atoms with Gasteiger partial charge in [-0.05, 0) is 50.4 Å². The number of hydrogen-bond donors (Lipinski definition) is 1. The largest absolute Gasteiger partial charge is 0.435 e. The molecule has 1 aromatic carbocycles. The zero-order valence-electron chi connectivity index (χ0n) is 12.3. The van der Waals surface area contributed by atoms with E-state index in [0.717, 1.165) is 12.1 Å². The highest BCUT2D eigenvalue weighted by Crippen LogP contribution is 2.30. The summed E-state index contributed by atoms with van der Waals surface area (Å²) in [5, 5.41) is 3.65. The number of rotatable bonds is 5. The van der Waals surface area contributed by atoms with Crippen molar-refractivity contribution in [2.24, 2.45) is 0 Å². The van der Waals surface area contributed by atoms with Crippen LogP contribution >= 0.6 is 0 Å². The van der Waals surface area contributed by atoms with Crippen LogP contribution in [0, 0.1) is 0 Å². The lowest BCUT2D eigenvalue weighted by Crippen LogP contribution is -2.46. The first-order valence-corrected chi connectivity index (χ1v) is 7.60. The molecule has 5 heteroatoms. The van der Waals surface area contributed by atoms with Crippen LogP contribution in [0.2, 0.25) is 0 Å². The first kappa shape index (κ1) is 14.7. The van der Waals surface area contributed by atoms with Crippen molar-refractivity contribution in [2.75, 3.05) is 7.05 Å². The van der Waals surface area contributed by atoms with E-state index in [0.29, 0.717) is 18.1 Å². The fourth-order valence-electron chi connectivity index (χ4n) is 3.58. The van der Waals surface area contributed by atoms with Gasteiger partial charge in [0.05, 0.1) is 0 Å². The van der Waals surface area contributed by atoms with E-state index in [1.165, 1.54) is 25.7 Å². The molecule has 0 amide bonds. The molecule has 2 heterocycles. The van der Waals surface area contributed by atoms with Gasteiger partial charge in [-0.1, -0.05) is 12.1 Å². The second-order valence-electron chi connectivity index (χ2n) is 6.20. The molecule has 0 radical (unpaired) electrons. The van der Waals surface area contributed by atoms with Crippen molar-refractivity contribution in [3.05, 3.63) is 29.8 Å². The minimum atomic E-state index is -2.76. The molecular weight excluding hydrogens is 274 g/mol. The average Bonchev–Trinajstić information content (AvgIpc) is 2.79. The summed E-state index contributed by atoms with van der Waals surface area (Å²) >= 11 is 0. The lowest BCUT2D eigenvalue weighted by atomic mass is 9.98. The maximum Gasteiger partial charge on any atom is 0.387 e. The fourth-order valence-corrected chi connectivity index (χ4v) is 3.58. The summed E-state index contributed by atoms with van der Waals surface area (Å²) < 4.78 is 28.6. The smallest absolute Gasteiger partial charge is 0.387 e. The van der Waals surface area contributed by atoms with Gasteiger partial charge in [-0.2, -0.15) is 8.78 Å². The van der Waals surface area contributed by atoms with Gasteiger partial charge in [0, 0.05) is 24.7 Å². The SMILES string of the molecule is CN(Cc1ccc(OC(F)F)cc1)C1CC2CCC(C1)N2. The van der Waals surface area contributed by atoms with E-state index in [-0.39, 0.29) is 5.75 Å². The topological polar surface area (TPSA) is 24.5 Å². The molecule has 2 unspecified atom stereocenters. The fraction of sp³-hybridized carbons (Fsp3) is 0.625. The molecule has 1 aromatic rings. The number of fused-ring (bicyclic) bond motifs is 2. The summed E-state index contributed by atoms with van der Waals surface area (Å²) in [5.41, 5.74) is 1.13. The van der Waals surface area contributed by atoms with Gasteiger partial charge in [-0.25, -0.2) is 0 Å². The highest BCUT2D eigenvalue weighted by molar-refractivity contribution is 5.27. The van der Waals surface area contributed by atoms with Crippen LogP contribution in [0.1, 0.15) is 31.2 Å². The van der Waals surface area contributed by atoms with Gasteiger partial charge in [0.15, 0.2) is 0 Å². The number of alkyl halides is 2. The van der Waals surface area contributed by atoms with Gasteiger partial charge < -0.3 is 10.1 Å². The van der Waals surface area contributed by atoms with Crippen LogP contribution in [-0.4, -0.2) is 36.7 Å². The molecule has 2 aliphatic rings. The molecule has 2 saturated heterocycles. The van der Waals surface area contributed by atoms with Gasteiger partial charge in [-0.15, -0.1) is 0 Å². The lowest BCUT2D eigenvalue weighted by molar-refractivity contribution is -0.0498. The van der Waals surface area contributed by atoms with Crippen LogP contribution in [0.25, 0.3) is 0 Å². The summed E-state index contributed by atoms with van der Waals surface area (Å²) in [5.74, 6) is 0.219. The zero-order chi connectivity index (χ0) is 14.8. The highest BCUT2D eigenvalue weighted by atomic mass is 19.3. The monoisotopic (exact) mass is 296 g/mol. The first-order chi connectivity index (χ1) is 10.1. The Morgan fingerprint density at radius 3 is 2.38 bits per heavy atom. The third-order valence-corrected chi connectivity index (χ3v) is 4.65. The second-order valence-corrected chi connectivity index (χ2v) is 6.20. The molecule has 2 fully saturated rings. The molecule has 3 nitrogen and oxygen atoms in total. The van der Waals surface area contributed by atoms with Crippen molar-refractivity contribution in [3.63, 3.8) is 0 Å². The van der Waals surface area contributed by atoms with Crippen LogP contribution in [0.3, 0.4) is 0 Å². The van der Waals surface area contributed by atoms with Crippen LogP contribution in [0.15, 0.2) is 24.3 Å². The van der Waals surface area contributed by atoms with E-state index in [9.17, 15) is 8.78 Å². The van der Waals surface area contributed by atoms with Crippen molar-refractivity contribution in [1.82, 2.24) is 10.2 Å². The van der Waals surface area contributed by atoms with Gasteiger partial charge in [-0.3, -0.25) is 4.90 Å². The molecule has 2 atom stereocenters.